The molecule has 0 aliphatic carbocycles. The van der Waals surface area contributed by atoms with Gasteiger partial charge in [-0.25, -0.2) is 0 Å². The van der Waals surface area contributed by atoms with Crippen molar-refractivity contribution in [2.24, 2.45) is 17.6 Å². The van der Waals surface area contributed by atoms with E-state index < -0.39 is 0 Å². The van der Waals surface area contributed by atoms with Crippen LogP contribution in [0.15, 0.2) is 0 Å². The van der Waals surface area contributed by atoms with Crippen LogP contribution in [-0.4, -0.2) is 11.8 Å². The van der Waals surface area contributed by atoms with Crippen LogP contribution in [0, 0.1) is 11.8 Å². The molecule has 2 N–H and O–H groups in total. The molecule has 0 saturated heterocycles. The van der Waals surface area contributed by atoms with Gasteiger partial charge >= 0.3 is 0 Å². The van der Waals surface area contributed by atoms with E-state index in [9.17, 15) is 0 Å². The average Bonchev–Trinajstić information content (AvgIpc) is 2.00. The standard InChI is InChI=1S/C10H23NS/c1-4-5-8(2)10(7-11)6-9(3)12/h8-10,12H,4-7,11H2,1-3H3. The third-order valence-electron chi connectivity index (χ3n) is 2.50. The van der Waals surface area contributed by atoms with Gasteiger partial charge in [0.25, 0.3) is 0 Å². The minimum atomic E-state index is 0.484. The molecule has 1 nitrogen and oxygen atoms in total. The Bertz CT molecular complexity index is 104. The Labute approximate surface area is 82.5 Å². The predicted molar refractivity (Wildman–Crippen MR) is 59.7 cm³/mol. The molecule has 0 rings (SSSR count). The molecule has 0 aromatic rings. The molecular formula is C10H23NS. The van der Waals surface area contributed by atoms with E-state index in [2.05, 4.69) is 33.4 Å². The Kier molecular flexibility index (Phi) is 6.96. The fourth-order valence-corrected chi connectivity index (χ4v) is 1.96. The minimum absolute atomic E-state index is 0.484. The summed E-state index contributed by atoms with van der Waals surface area (Å²) in [6.07, 6.45) is 3.71. The molecule has 3 atom stereocenters. The highest BCUT2D eigenvalue weighted by Gasteiger charge is 2.16. The first-order chi connectivity index (χ1) is 5.61. The van der Waals surface area contributed by atoms with Crippen molar-refractivity contribution >= 4 is 12.6 Å². The van der Waals surface area contributed by atoms with Gasteiger partial charge in [-0.15, -0.1) is 0 Å². The molecule has 74 valence electrons. The second-order valence-electron chi connectivity index (χ2n) is 3.85. The van der Waals surface area contributed by atoms with Gasteiger partial charge in [-0.3, -0.25) is 0 Å². The minimum Gasteiger partial charge on any atom is -0.330 e. The Morgan fingerprint density at radius 2 is 1.92 bits per heavy atom. The summed E-state index contributed by atoms with van der Waals surface area (Å²) in [4.78, 5) is 0. The maximum Gasteiger partial charge on any atom is -0.000838 e. The zero-order chi connectivity index (χ0) is 9.56. The first kappa shape index (κ1) is 12.3. The van der Waals surface area contributed by atoms with Gasteiger partial charge in [-0.05, 0) is 30.1 Å². The molecule has 0 heterocycles. The fraction of sp³-hybridized carbons (Fsp3) is 1.00. The Morgan fingerprint density at radius 3 is 2.25 bits per heavy atom. The summed E-state index contributed by atoms with van der Waals surface area (Å²) in [5.41, 5.74) is 5.72. The highest BCUT2D eigenvalue weighted by atomic mass is 32.1. The van der Waals surface area contributed by atoms with Crippen LogP contribution in [0.5, 0.6) is 0 Å². The van der Waals surface area contributed by atoms with E-state index in [1.54, 1.807) is 0 Å². The maximum absolute atomic E-state index is 5.72. The van der Waals surface area contributed by atoms with Crippen LogP contribution in [0.4, 0.5) is 0 Å². The van der Waals surface area contributed by atoms with Crippen LogP contribution in [0.3, 0.4) is 0 Å². The maximum atomic E-state index is 5.72. The van der Waals surface area contributed by atoms with Gasteiger partial charge in [0.05, 0.1) is 0 Å². The molecule has 0 bridgehead atoms. The third kappa shape index (κ3) is 5.04. The number of hydrogen-bond acceptors (Lipinski definition) is 2. The lowest BCUT2D eigenvalue weighted by molar-refractivity contribution is 0.324. The molecule has 0 aliphatic rings. The summed E-state index contributed by atoms with van der Waals surface area (Å²) in [5, 5.41) is 0.484. The second-order valence-corrected chi connectivity index (χ2v) is 4.73. The van der Waals surface area contributed by atoms with Gasteiger partial charge < -0.3 is 5.73 Å². The van der Waals surface area contributed by atoms with Gasteiger partial charge in [0.15, 0.2) is 0 Å². The van der Waals surface area contributed by atoms with E-state index in [0.29, 0.717) is 11.2 Å². The summed E-state index contributed by atoms with van der Waals surface area (Å²) >= 11 is 4.40. The number of nitrogens with two attached hydrogens (primary N) is 1. The van der Waals surface area contributed by atoms with Gasteiger partial charge in [0.1, 0.15) is 0 Å². The smallest absolute Gasteiger partial charge is 0.000838 e. The fourth-order valence-electron chi connectivity index (χ4n) is 1.69. The monoisotopic (exact) mass is 189 g/mol. The van der Waals surface area contributed by atoms with Crippen molar-refractivity contribution in [3.63, 3.8) is 0 Å². The topological polar surface area (TPSA) is 26.0 Å². The van der Waals surface area contributed by atoms with Crippen LogP contribution in [-0.2, 0) is 0 Å². The van der Waals surface area contributed by atoms with Crippen molar-refractivity contribution in [1.82, 2.24) is 0 Å². The van der Waals surface area contributed by atoms with Crippen LogP contribution < -0.4 is 5.73 Å². The number of hydrogen-bond donors (Lipinski definition) is 2. The molecule has 12 heavy (non-hydrogen) atoms. The molecule has 0 amide bonds. The molecule has 0 fully saturated rings. The van der Waals surface area contributed by atoms with Gasteiger partial charge in [0.2, 0.25) is 0 Å². The SMILES string of the molecule is CCCC(C)C(CN)CC(C)S. The molecule has 0 aromatic heterocycles. The molecule has 3 unspecified atom stereocenters. The highest BCUT2D eigenvalue weighted by Crippen LogP contribution is 2.22. The first-order valence-electron chi connectivity index (χ1n) is 4.99. The lowest BCUT2D eigenvalue weighted by Crippen LogP contribution is -2.23. The molecular weight excluding hydrogens is 166 g/mol. The normalized spacial score (nSPS) is 18.8. The average molecular weight is 189 g/mol. The van der Waals surface area contributed by atoms with E-state index in [1.165, 1.54) is 12.8 Å². The van der Waals surface area contributed by atoms with Gasteiger partial charge in [-0.1, -0.05) is 33.6 Å². The number of thiol groups is 1. The van der Waals surface area contributed by atoms with E-state index in [0.717, 1.165) is 18.9 Å². The Balaban J connectivity index is 3.78. The molecule has 0 aliphatic heterocycles. The van der Waals surface area contributed by atoms with Crippen molar-refractivity contribution in [1.29, 1.82) is 0 Å². The third-order valence-corrected chi connectivity index (χ3v) is 2.71. The summed E-state index contributed by atoms with van der Waals surface area (Å²) in [7, 11) is 0. The van der Waals surface area contributed by atoms with Crippen LogP contribution in [0.25, 0.3) is 0 Å². The Morgan fingerprint density at radius 1 is 1.33 bits per heavy atom. The van der Waals surface area contributed by atoms with Crippen molar-refractivity contribution in [3.8, 4) is 0 Å². The Hall–Kier alpha value is 0.310. The zero-order valence-electron chi connectivity index (χ0n) is 8.59. The van der Waals surface area contributed by atoms with E-state index in [1.807, 2.05) is 0 Å². The van der Waals surface area contributed by atoms with Crippen LogP contribution in [0.1, 0.15) is 40.0 Å². The van der Waals surface area contributed by atoms with Crippen LogP contribution in [0.2, 0.25) is 0 Å². The molecule has 2 heteroatoms. The molecule has 0 radical (unpaired) electrons. The van der Waals surface area contributed by atoms with Gasteiger partial charge in [-0.2, -0.15) is 12.6 Å². The van der Waals surface area contributed by atoms with E-state index in [4.69, 9.17) is 5.73 Å². The van der Waals surface area contributed by atoms with Gasteiger partial charge in [0, 0.05) is 0 Å². The summed E-state index contributed by atoms with van der Waals surface area (Å²) in [6, 6.07) is 0. The van der Waals surface area contributed by atoms with Crippen molar-refractivity contribution < 1.29 is 0 Å². The predicted octanol–water partition coefficient (Wildman–Crippen LogP) is 2.71. The first-order valence-corrected chi connectivity index (χ1v) is 5.51. The zero-order valence-corrected chi connectivity index (χ0v) is 9.48. The lowest BCUT2D eigenvalue weighted by Gasteiger charge is -2.23. The summed E-state index contributed by atoms with van der Waals surface area (Å²) < 4.78 is 0. The molecule has 0 spiro atoms. The van der Waals surface area contributed by atoms with Crippen molar-refractivity contribution in [3.05, 3.63) is 0 Å². The number of rotatable bonds is 6. The summed E-state index contributed by atoms with van der Waals surface area (Å²) in [6.45, 7) is 7.49. The highest BCUT2D eigenvalue weighted by molar-refractivity contribution is 7.80. The van der Waals surface area contributed by atoms with E-state index >= 15 is 0 Å². The van der Waals surface area contributed by atoms with Crippen LogP contribution >= 0.6 is 12.6 Å². The van der Waals surface area contributed by atoms with Crippen molar-refractivity contribution in [2.45, 2.75) is 45.3 Å². The summed E-state index contributed by atoms with van der Waals surface area (Å²) in [5.74, 6) is 1.42. The van der Waals surface area contributed by atoms with E-state index in [-0.39, 0.29) is 0 Å². The second kappa shape index (κ2) is 6.79. The molecule has 0 saturated carbocycles. The lowest BCUT2D eigenvalue weighted by atomic mass is 9.87. The van der Waals surface area contributed by atoms with Crippen molar-refractivity contribution in [2.75, 3.05) is 6.54 Å². The quantitative estimate of drug-likeness (QED) is 0.617. The largest absolute Gasteiger partial charge is 0.330 e. The molecule has 0 aromatic carbocycles.